The van der Waals surface area contributed by atoms with Crippen molar-refractivity contribution in [2.24, 2.45) is 0 Å². The van der Waals surface area contributed by atoms with Gasteiger partial charge >= 0.3 is 0 Å². The normalized spacial score (nSPS) is 26.2. The van der Waals surface area contributed by atoms with Gasteiger partial charge in [0.05, 0.1) is 0 Å². The average molecular weight is 404 g/mol. The summed E-state index contributed by atoms with van der Waals surface area (Å²) in [6.07, 6.45) is 9.17. The standard InChI is InChI=1S/C21H33N5O3/c27-12-5-1-3-10-22-20(29)21-9-2-4-11-26(21)14-15(13-21)23-19(28)18-16-7-6-8-17(16)24-25-18/h15,27H,1-14H2,(H,22,29)(H,23,28)(H,24,25)/t15-,21-/m0/s1. The van der Waals surface area contributed by atoms with Gasteiger partial charge in [0.25, 0.3) is 5.91 Å². The molecule has 3 aliphatic rings. The fourth-order valence-corrected chi connectivity index (χ4v) is 5.32. The number of H-pyrrole nitrogens is 1. The SMILES string of the molecule is O=C(N[C@@H]1CN2CCCC[C@@]2(C(=O)NCCCCCO)C1)c1n[nH]c2c1CCC2. The predicted molar refractivity (Wildman–Crippen MR) is 109 cm³/mol. The summed E-state index contributed by atoms with van der Waals surface area (Å²) in [6, 6.07) is -0.0329. The molecule has 0 aromatic carbocycles. The van der Waals surface area contributed by atoms with Gasteiger partial charge < -0.3 is 15.7 Å². The van der Waals surface area contributed by atoms with Crippen LogP contribution in [0.5, 0.6) is 0 Å². The third kappa shape index (κ3) is 4.05. The number of fused-ring (bicyclic) bond motifs is 2. The molecule has 8 nitrogen and oxygen atoms in total. The Balaban J connectivity index is 1.38. The van der Waals surface area contributed by atoms with Crippen LogP contribution in [0.3, 0.4) is 0 Å². The van der Waals surface area contributed by atoms with Crippen LogP contribution in [0.25, 0.3) is 0 Å². The summed E-state index contributed by atoms with van der Waals surface area (Å²) >= 11 is 0. The number of nitrogens with zero attached hydrogens (tertiary/aromatic N) is 2. The summed E-state index contributed by atoms with van der Waals surface area (Å²) in [7, 11) is 0. The van der Waals surface area contributed by atoms with Crippen LogP contribution < -0.4 is 10.6 Å². The quantitative estimate of drug-likeness (QED) is 0.482. The Hall–Kier alpha value is -1.93. The number of unbranched alkanes of at least 4 members (excludes halogenated alkanes) is 2. The fourth-order valence-electron chi connectivity index (χ4n) is 5.32. The maximum atomic E-state index is 13.1. The second-order valence-corrected chi connectivity index (χ2v) is 8.73. The number of nitrogens with one attached hydrogen (secondary N) is 3. The minimum Gasteiger partial charge on any atom is -0.396 e. The van der Waals surface area contributed by atoms with Crippen molar-refractivity contribution in [1.82, 2.24) is 25.7 Å². The Morgan fingerprint density at radius 2 is 2.10 bits per heavy atom. The van der Waals surface area contributed by atoms with Crippen molar-refractivity contribution in [3.8, 4) is 0 Å². The van der Waals surface area contributed by atoms with Gasteiger partial charge in [0, 0.05) is 37.0 Å². The smallest absolute Gasteiger partial charge is 0.272 e. The average Bonchev–Trinajstić information content (AvgIpc) is 3.41. The maximum Gasteiger partial charge on any atom is 0.272 e. The first-order valence-corrected chi connectivity index (χ1v) is 11.2. The number of hydrogen-bond donors (Lipinski definition) is 4. The van der Waals surface area contributed by atoms with E-state index in [1.165, 1.54) is 0 Å². The first-order chi connectivity index (χ1) is 14.1. The van der Waals surface area contributed by atoms with E-state index in [4.69, 9.17) is 5.11 Å². The van der Waals surface area contributed by atoms with Gasteiger partial charge in [-0.2, -0.15) is 5.10 Å². The van der Waals surface area contributed by atoms with Gasteiger partial charge in [-0.05, 0) is 70.8 Å². The Morgan fingerprint density at radius 1 is 1.21 bits per heavy atom. The van der Waals surface area contributed by atoms with Gasteiger partial charge in [-0.15, -0.1) is 0 Å². The van der Waals surface area contributed by atoms with Crippen LogP contribution in [-0.4, -0.2) is 69.8 Å². The van der Waals surface area contributed by atoms with Crippen molar-refractivity contribution >= 4 is 11.8 Å². The number of piperidine rings is 1. The van der Waals surface area contributed by atoms with E-state index in [-0.39, 0.29) is 24.5 Å². The molecule has 0 unspecified atom stereocenters. The Morgan fingerprint density at radius 3 is 2.97 bits per heavy atom. The summed E-state index contributed by atoms with van der Waals surface area (Å²) in [4.78, 5) is 28.2. The summed E-state index contributed by atoms with van der Waals surface area (Å²) < 4.78 is 0. The van der Waals surface area contributed by atoms with Crippen molar-refractivity contribution in [1.29, 1.82) is 0 Å². The molecular weight excluding hydrogens is 370 g/mol. The number of aromatic amines is 1. The number of hydrogen-bond acceptors (Lipinski definition) is 5. The van der Waals surface area contributed by atoms with Crippen molar-refractivity contribution in [2.45, 2.75) is 75.8 Å². The number of aliphatic hydroxyl groups excluding tert-OH is 1. The van der Waals surface area contributed by atoms with E-state index in [0.29, 0.717) is 18.7 Å². The lowest BCUT2D eigenvalue weighted by molar-refractivity contribution is -0.133. The van der Waals surface area contributed by atoms with E-state index in [9.17, 15) is 9.59 Å². The number of aryl methyl sites for hydroxylation is 1. The molecule has 29 heavy (non-hydrogen) atoms. The fraction of sp³-hybridized carbons (Fsp3) is 0.762. The second kappa shape index (κ2) is 8.83. The van der Waals surface area contributed by atoms with Gasteiger partial charge in [-0.1, -0.05) is 0 Å². The largest absolute Gasteiger partial charge is 0.396 e. The Kier molecular flexibility index (Phi) is 6.20. The molecule has 0 radical (unpaired) electrons. The maximum absolute atomic E-state index is 13.1. The topological polar surface area (TPSA) is 110 Å². The summed E-state index contributed by atoms with van der Waals surface area (Å²) in [5.41, 5.74) is 2.19. The Labute approximate surface area is 171 Å². The van der Waals surface area contributed by atoms with Gasteiger partial charge in [-0.25, -0.2) is 0 Å². The third-order valence-electron chi connectivity index (χ3n) is 6.80. The number of carbonyl (C=O) groups excluding carboxylic acids is 2. The van der Waals surface area contributed by atoms with E-state index in [1.54, 1.807) is 0 Å². The lowest BCUT2D eigenvalue weighted by Crippen LogP contribution is -2.57. The molecule has 2 saturated heterocycles. The van der Waals surface area contributed by atoms with Gasteiger partial charge in [0.1, 0.15) is 5.54 Å². The number of carbonyl (C=O) groups is 2. The van der Waals surface area contributed by atoms with Crippen molar-refractivity contribution in [3.63, 3.8) is 0 Å². The zero-order valence-corrected chi connectivity index (χ0v) is 17.1. The van der Waals surface area contributed by atoms with Crippen LogP contribution in [-0.2, 0) is 17.6 Å². The zero-order chi connectivity index (χ0) is 20.3. The lowest BCUT2D eigenvalue weighted by Gasteiger charge is -2.40. The molecule has 1 aromatic heterocycles. The second-order valence-electron chi connectivity index (χ2n) is 8.73. The number of aliphatic hydroxyl groups is 1. The highest BCUT2D eigenvalue weighted by molar-refractivity contribution is 5.94. The van der Waals surface area contributed by atoms with Crippen LogP contribution in [0.2, 0.25) is 0 Å². The first kappa shape index (κ1) is 20.3. The van der Waals surface area contributed by atoms with Crippen molar-refractivity contribution in [3.05, 3.63) is 17.0 Å². The molecule has 2 fully saturated rings. The monoisotopic (exact) mass is 403 g/mol. The molecule has 1 aliphatic carbocycles. The zero-order valence-electron chi connectivity index (χ0n) is 17.1. The molecule has 8 heteroatoms. The Bertz CT molecular complexity index is 749. The van der Waals surface area contributed by atoms with Gasteiger partial charge in [-0.3, -0.25) is 19.6 Å². The minimum atomic E-state index is -0.499. The molecule has 2 amide bonds. The number of rotatable bonds is 8. The first-order valence-electron chi connectivity index (χ1n) is 11.2. The molecule has 2 atom stereocenters. The molecular formula is C21H33N5O3. The van der Waals surface area contributed by atoms with Crippen LogP contribution in [0, 0.1) is 0 Å². The molecule has 4 rings (SSSR count). The summed E-state index contributed by atoms with van der Waals surface area (Å²) in [6.45, 7) is 2.47. The predicted octanol–water partition coefficient (Wildman–Crippen LogP) is 0.904. The number of aromatic nitrogens is 2. The highest BCUT2D eigenvalue weighted by Gasteiger charge is 2.52. The van der Waals surface area contributed by atoms with Crippen LogP contribution in [0.4, 0.5) is 0 Å². The lowest BCUT2D eigenvalue weighted by atomic mass is 9.84. The molecule has 160 valence electrons. The van der Waals surface area contributed by atoms with E-state index in [2.05, 4.69) is 25.7 Å². The van der Waals surface area contributed by atoms with Gasteiger partial charge in [0.2, 0.25) is 5.91 Å². The van der Waals surface area contributed by atoms with E-state index < -0.39 is 5.54 Å². The van der Waals surface area contributed by atoms with Crippen LogP contribution in [0.15, 0.2) is 0 Å². The molecule has 4 N–H and O–H groups in total. The highest BCUT2D eigenvalue weighted by Crippen LogP contribution is 2.38. The molecule has 0 spiro atoms. The molecule has 3 heterocycles. The minimum absolute atomic E-state index is 0.0329. The molecule has 1 aromatic rings. The molecule has 2 aliphatic heterocycles. The highest BCUT2D eigenvalue weighted by atomic mass is 16.3. The summed E-state index contributed by atoms with van der Waals surface area (Å²) in [5, 5.41) is 22.4. The van der Waals surface area contributed by atoms with E-state index in [1.807, 2.05) is 0 Å². The van der Waals surface area contributed by atoms with E-state index >= 15 is 0 Å². The van der Waals surface area contributed by atoms with Crippen LogP contribution in [0.1, 0.15) is 73.1 Å². The van der Waals surface area contributed by atoms with Gasteiger partial charge in [0.15, 0.2) is 5.69 Å². The van der Waals surface area contributed by atoms with E-state index in [0.717, 1.165) is 82.1 Å². The van der Waals surface area contributed by atoms with Crippen LogP contribution >= 0.6 is 0 Å². The van der Waals surface area contributed by atoms with Crippen molar-refractivity contribution in [2.75, 3.05) is 26.2 Å². The number of amides is 2. The third-order valence-corrected chi connectivity index (χ3v) is 6.80. The summed E-state index contributed by atoms with van der Waals surface area (Å²) in [5.74, 6) is -0.0209. The van der Waals surface area contributed by atoms with Crippen molar-refractivity contribution < 1.29 is 14.7 Å². The molecule has 0 saturated carbocycles. The molecule has 0 bridgehead atoms.